The average molecular weight is 160 g/mol. The van der Waals surface area contributed by atoms with Crippen molar-refractivity contribution >= 4 is 12.0 Å². The van der Waals surface area contributed by atoms with Crippen LogP contribution in [0.2, 0.25) is 0 Å². The van der Waals surface area contributed by atoms with Gasteiger partial charge in [-0.1, -0.05) is 18.2 Å². The van der Waals surface area contributed by atoms with Crippen LogP contribution < -0.4 is 4.90 Å². The molecule has 0 aromatic heterocycles. The Bertz CT molecular complexity index is 294. The summed E-state index contributed by atoms with van der Waals surface area (Å²) in [4.78, 5) is 2.00. The van der Waals surface area contributed by atoms with E-state index >= 15 is 0 Å². The van der Waals surface area contributed by atoms with E-state index in [-0.39, 0.29) is 0 Å². The molecule has 0 fully saturated rings. The van der Waals surface area contributed by atoms with Gasteiger partial charge >= 0.3 is 0 Å². The van der Waals surface area contributed by atoms with E-state index < -0.39 is 0 Å². The van der Waals surface area contributed by atoms with E-state index in [1.54, 1.807) is 0 Å². The van der Waals surface area contributed by atoms with Gasteiger partial charge in [0.2, 0.25) is 0 Å². The quantitative estimate of drug-likeness (QED) is 0.494. The van der Waals surface area contributed by atoms with Gasteiger partial charge in [-0.05, 0) is 24.5 Å². The first-order valence-corrected chi connectivity index (χ1v) is 4.27. The fourth-order valence-electron chi connectivity index (χ4n) is 1.70. The summed E-state index contributed by atoms with van der Waals surface area (Å²) >= 11 is 0. The fourth-order valence-corrected chi connectivity index (χ4v) is 1.70. The number of para-hydroxylation sites is 1. The lowest BCUT2D eigenvalue weighted by atomic mass is 10.0. The minimum atomic E-state index is 0.987. The lowest BCUT2D eigenvalue weighted by molar-refractivity contribution is 0.782. The highest BCUT2D eigenvalue weighted by atomic mass is 15.1. The molecule has 1 aliphatic heterocycles. The maximum atomic E-state index is 7.23. The Morgan fingerprint density at radius 1 is 1.33 bits per heavy atom. The molecule has 2 heteroatoms. The molecule has 62 valence electrons. The molecule has 12 heavy (non-hydrogen) atoms. The van der Waals surface area contributed by atoms with E-state index in [2.05, 4.69) is 18.2 Å². The van der Waals surface area contributed by atoms with Crippen molar-refractivity contribution in [3.8, 4) is 0 Å². The molecule has 0 saturated heterocycles. The lowest BCUT2D eigenvalue weighted by Crippen LogP contribution is -2.27. The summed E-state index contributed by atoms with van der Waals surface area (Å²) in [5, 5.41) is 7.23. The smallest absolute Gasteiger partial charge is 0.0861 e. The Morgan fingerprint density at radius 2 is 2.17 bits per heavy atom. The molecule has 0 atom stereocenters. The number of fused-ring (bicyclic) bond motifs is 1. The van der Waals surface area contributed by atoms with Gasteiger partial charge in [-0.15, -0.1) is 0 Å². The first kappa shape index (κ1) is 7.35. The predicted molar refractivity (Wildman–Crippen MR) is 50.9 cm³/mol. The molecular formula is C10H12N2. The molecular weight excluding hydrogens is 148 g/mol. The normalized spacial score (nSPS) is 15.5. The number of rotatable bonds is 1. The van der Waals surface area contributed by atoms with Crippen LogP contribution in [0, 0.1) is 5.41 Å². The number of nitrogens with zero attached hydrogens (tertiary/aromatic N) is 1. The van der Waals surface area contributed by atoms with E-state index in [4.69, 9.17) is 5.41 Å². The SMILES string of the molecule is N=CN1CCCc2ccccc21. The molecule has 1 aromatic carbocycles. The summed E-state index contributed by atoms with van der Waals surface area (Å²) in [6.07, 6.45) is 3.73. The van der Waals surface area contributed by atoms with Crippen molar-refractivity contribution in [3.63, 3.8) is 0 Å². The minimum absolute atomic E-state index is 0.987. The van der Waals surface area contributed by atoms with Crippen molar-refractivity contribution in [3.05, 3.63) is 29.8 Å². The van der Waals surface area contributed by atoms with Gasteiger partial charge < -0.3 is 4.90 Å². The van der Waals surface area contributed by atoms with E-state index in [1.165, 1.54) is 17.6 Å². The number of benzene rings is 1. The Balaban J connectivity index is 2.43. The van der Waals surface area contributed by atoms with Gasteiger partial charge in [0.1, 0.15) is 0 Å². The van der Waals surface area contributed by atoms with Crippen LogP contribution in [-0.4, -0.2) is 12.9 Å². The third-order valence-corrected chi connectivity index (χ3v) is 2.30. The van der Waals surface area contributed by atoms with Gasteiger partial charge in [-0.3, -0.25) is 5.41 Å². The molecule has 0 amide bonds. The second kappa shape index (κ2) is 2.97. The van der Waals surface area contributed by atoms with Crippen molar-refractivity contribution in [2.45, 2.75) is 12.8 Å². The summed E-state index contributed by atoms with van der Waals surface area (Å²) in [7, 11) is 0. The van der Waals surface area contributed by atoms with Gasteiger partial charge in [-0.25, -0.2) is 0 Å². The van der Waals surface area contributed by atoms with Gasteiger partial charge in [0, 0.05) is 12.2 Å². The highest BCUT2D eigenvalue weighted by Gasteiger charge is 2.13. The zero-order valence-electron chi connectivity index (χ0n) is 6.96. The second-order valence-electron chi connectivity index (χ2n) is 3.05. The maximum absolute atomic E-state index is 7.23. The third-order valence-electron chi connectivity index (χ3n) is 2.30. The Kier molecular flexibility index (Phi) is 1.82. The zero-order chi connectivity index (χ0) is 8.39. The van der Waals surface area contributed by atoms with E-state index in [0.717, 1.165) is 19.4 Å². The van der Waals surface area contributed by atoms with Crippen molar-refractivity contribution in [2.75, 3.05) is 11.4 Å². The molecule has 0 unspecified atom stereocenters. The molecule has 1 heterocycles. The van der Waals surface area contributed by atoms with Gasteiger partial charge in [0.25, 0.3) is 0 Å². The summed E-state index contributed by atoms with van der Waals surface area (Å²) < 4.78 is 0. The third kappa shape index (κ3) is 1.09. The van der Waals surface area contributed by atoms with Crippen molar-refractivity contribution in [2.24, 2.45) is 0 Å². The molecule has 0 aliphatic carbocycles. The van der Waals surface area contributed by atoms with Crippen LogP contribution in [-0.2, 0) is 6.42 Å². The largest absolute Gasteiger partial charge is 0.333 e. The number of hydrogen-bond donors (Lipinski definition) is 1. The van der Waals surface area contributed by atoms with Crippen LogP contribution in [0.5, 0.6) is 0 Å². The molecule has 2 rings (SSSR count). The highest BCUT2D eigenvalue weighted by molar-refractivity contribution is 5.79. The van der Waals surface area contributed by atoms with Crippen LogP contribution in [0.3, 0.4) is 0 Å². The molecule has 0 radical (unpaired) electrons. The van der Waals surface area contributed by atoms with Crippen LogP contribution in [0.1, 0.15) is 12.0 Å². The van der Waals surface area contributed by atoms with Crippen LogP contribution in [0.4, 0.5) is 5.69 Å². The summed E-state index contributed by atoms with van der Waals surface area (Å²) in [5.41, 5.74) is 2.58. The highest BCUT2D eigenvalue weighted by Crippen LogP contribution is 2.24. The lowest BCUT2D eigenvalue weighted by Gasteiger charge is -2.26. The molecule has 0 spiro atoms. The molecule has 0 bridgehead atoms. The Hall–Kier alpha value is -1.31. The first-order chi connectivity index (χ1) is 5.92. The van der Waals surface area contributed by atoms with E-state index in [9.17, 15) is 0 Å². The number of aryl methyl sites for hydroxylation is 1. The first-order valence-electron chi connectivity index (χ1n) is 4.27. The summed E-state index contributed by atoms with van der Waals surface area (Å²) in [6, 6.07) is 8.32. The van der Waals surface area contributed by atoms with Crippen LogP contribution >= 0.6 is 0 Å². The molecule has 0 saturated carbocycles. The Labute approximate surface area is 72.3 Å². The fraction of sp³-hybridized carbons (Fsp3) is 0.300. The topological polar surface area (TPSA) is 27.1 Å². The monoisotopic (exact) mass is 160 g/mol. The number of nitrogens with one attached hydrogen (secondary N) is 1. The molecule has 2 nitrogen and oxygen atoms in total. The standard InChI is InChI=1S/C10H12N2/c11-8-12-7-3-5-9-4-1-2-6-10(9)12/h1-2,4,6,8,11H,3,5,7H2. The second-order valence-corrected chi connectivity index (χ2v) is 3.05. The van der Waals surface area contributed by atoms with Crippen molar-refractivity contribution in [1.82, 2.24) is 0 Å². The van der Waals surface area contributed by atoms with Gasteiger partial charge in [0.05, 0.1) is 6.34 Å². The van der Waals surface area contributed by atoms with Gasteiger partial charge in [-0.2, -0.15) is 0 Å². The van der Waals surface area contributed by atoms with E-state index in [0.29, 0.717) is 0 Å². The van der Waals surface area contributed by atoms with Crippen molar-refractivity contribution in [1.29, 1.82) is 5.41 Å². The number of hydrogen-bond acceptors (Lipinski definition) is 1. The maximum Gasteiger partial charge on any atom is 0.0861 e. The van der Waals surface area contributed by atoms with Crippen LogP contribution in [0.25, 0.3) is 0 Å². The molecule has 1 aliphatic rings. The van der Waals surface area contributed by atoms with Crippen molar-refractivity contribution < 1.29 is 0 Å². The van der Waals surface area contributed by atoms with Gasteiger partial charge in [0.15, 0.2) is 0 Å². The van der Waals surface area contributed by atoms with Crippen LogP contribution in [0.15, 0.2) is 24.3 Å². The predicted octanol–water partition coefficient (Wildman–Crippen LogP) is 2.05. The summed E-state index contributed by atoms with van der Waals surface area (Å²) in [5.74, 6) is 0. The van der Waals surface area contributed by atoms with E-state index in [1.807, 2.05) is 11.0 Å². The molecule has 1 N–H and O–H groups in total. The average Bonchev–Trinajstić information content (AvgIpc) is 2.17. The molecule has 1 aromatic rings. The minimum Gasteiger partial charge on any atom is -0.333 e. The zero-order valence-corrected chi connectivity index (χ0v) is 6.96. The number of anilines is 1. The summed E-state index contributed by atoms with van der Waals surface area (Å²) in [6.45, 7) is 0.987. The Morgan fingerprint density at radius 3 is 3.00 bits per heavy atom.